The van der Waals surface area contributed by atoms with E-state index in [9.17, 15) is 4.79 Å². The molecule has 0 fully saturated rings. The molecule has 6 heteroatoms. The maximum absolute atomic E-state index is 12.6. The van der Waals surface area contributed by atoms with Crippen molar-refractivity contribution in [3.63, 3.8) is 0 Å². The van der Waals surface area contributed by atoms with Crippen LogP contribution in [-0.4, -0.2) is 55.1 Å². The maximum Gasteiger partial charge on any atom is 0.253 e. The first-order chi connectivity index (χ1) is 11.6. The number of nitrogens with one attached hydrogen (secondary N) is 1. The van der Waals surface area contributed by atoms with Crippen LogP contribution in [0.4, 0.5) is 0 Å². The minimum Gasteiger partial charge on any atom is -0.497 e. The third-order valence-corrected chi connectivity index (χ3v) is 3.74. The van der Waals surface area contributed by atoms with E-state index in [4.69, 9.17) is 4.74 Å². The molecule has 3 aromatic rings. The Balaban J connectivity index is 2.07. The minimum absolute atomic E-state index is 0.176. The summed E-state index contributed by atoms with van der Waals surface area (Å²) in [5, 5.41) is 2.92. The van der Waals surface area contributed by atoms with Gasteiger partial charge in [-0.2, -0.15) is 0 Å². The van der Waals surface area contributed by atoms with E-state index in [0.717, 1.165) is 17.6 Å². The Morgan fingerprint density at radius 2 is 1.83 bits per heavy atom. The summed E-state index contributed by atoms with van der Waals surface area (Å²) < 4.78 is 5.31. The Morgan fingerprint density at radius 1 is 1.12 bits per heavy atom. The summed E-state index contributed by atoms with van der Waals surface area (Å²) in [6.07, 6.45) is 0. The van der Waals surface area contributed by atoms with Crippen molar-refractivity contribution >= 4 is 28.0 Å². The van der Waals surface area contributed by atoms with Gasteiger partial charge >= 0.3 is 0 Å². The summed E-state index contributed by atoms with van der Waals surface area (Å²) in [5.41, 5.74) is 3.25. The fourth-order valence-corrected chi connectivity index (χ4v) is 2.48. The lowest BCUT2D eigenvalue weighted by atomic mass is 10.1. The smallest absolute Gasteiger partial charge is 0.253 e. The molecule has 0 radical (unpaired) electrons. The summed E-state index contributed by atoms with van der Waals surface area (Å²) in [6, 6.07) is 11.1. The molecule has 0 bridgehead atoms. The van der Waals surface area contributed by atoms with E-state index in [-0.39, 0.29) is 5.91 Å². The van der Waals surface area contributed by atoms with E-state index in [0.29, 0.717) is 28.9 Å². The lowest BCUT2D eigenvalue weighted by Gasteiger charge is -2.12. The molecule has 1 N–H and O–H groups in total. The largest absolute Gasteiger partial charge is 0.497 e. The molecule has 0 saturated carbocycles. The number of rotatable bonds is 5. The second-order valence-electron chi connectivity index (χ2n) is 5.81. The first kappa shape index (κ1) is 16.1. The van der Waals surface area contributed by atoms with Gasteiger partial charge in [-0.3, -0.25) is 4.79 Å². The third-order valence-electron chi connectivity index (χ3n) is 3.74. The lowest BCUT2D eigenvalue weighted by Crippen LogP contribution is -2.31. The number of para-hydroxylation sites is 2. The number of fused-ring (bicyclic) bond motifs is 2. The molecule has 2 aromatic carbocycles. The molecule has 0 aliphatic carbocycles. The molecule has 24 heavy (non-hydrogen) atoms. The monoisotopic (exact) mass is 324 g/mol. The van der Waals surface area contributed by atoms with Crippen LogP contribution >= 0.6 is 0 Å². The second-order valence-corrected chi connectivity index (χ2v) is 5.81. The van der Waals surface area contributed by atoms with E-state index in [1.165, 1.54) is 0 Å². The number of benzene rings is 2. The van der Waals surface area contributed by atoms with E-state index >= 15 is 0 Å². The van der Waals surface area contributed by atoms with Crippen molar-refractivity contribution < 1.29 is 9.53 Å². The van der Waals surface area contributed by atoms with Crippen molar-refractivity contribution in [2.75, 3.05) is 34.3 Å². The van der Waals surface area contributed by atoms with Crippen LogP contribution in [-0.2, 0) is 0 Å². The van der Waals surface area contributed by atoms with Crippen molar-refractivity contribution in [3.05, 3.63) is 42.0 Å². The quantitative estimate of drug-likeness (QED) is 0.728. The van der Waals surface area contributed by atoms with Gasteiger partial charge in [0, 0.05) is 19.2 Å². The molecule has 0 aliphatic rings. The number of ether oxygens (including phenoxy) is 1. The Morgan fingerprint density at radius 3 is 2.50 bits per heavy atom. The van der Waals surface area contributed by atoms with Crippen molar-refractivity contribution in [3.8, 4) is 5.75 Å². The number of methoxy groups -OCH3 is 1. The fraction of sp³-hybridized carbons (Fsp3) is 0.278. The number of hydrogen-bond acceptors (Lipinski definition) is 5. The van der Waals surface area contributed by atoms with Crippen molar-refractivity contribution in [2.24, 2.45) is 0 Å². The average Bonchev–Trinajstić information content (AvgIpc) is 2.58. The van der Waals surface area contributed by atoms with E-state index in [1.54, 1.807) is 19.2 Å². The SMILES string of the molecule is COc1cc(C(=O)NCCN(C)C)c2nc3ccccc3nc2c1. The Kier molecular flexibility index (Phi) is 4.57. The molecule has 0 atom stereocenters. The van der Waals surface area contributed by atoms with Crippen LogP contribution in [0.5, 0.6) is 5.75 Å². The molecule has 3 rings (SSSR count). The van der Waals surface area contributed by atoms with Crippen LogP contribution in [0, 0.1) is 0 Å². The molecule has 1 heterocycles. The highest BCUT2D eigenvalue weighted by atomic mass is 16.5. The predicted octanol–water partition coefficient (Wildman–Crippen LogP) is 2.08. The van der Waals surface area contributed by atoms with E-state index in [2.05, 4.69) is 15.3 Å². The molecule has 0 spiro atoms. The van der Waals surface area contributed by atoms with Crippen LogP contribution in [0.1, 0.15) is 10.4 Å². The molecule has 0 saturated heterocycles. The van der Waals surface area contributed by atoms with Crippen molar-refractivity contribution in [1.82, 2.24) is 20.2 Å². The molecule has 124 valence electrons. The lowest BCUT2D eigenvalue weighted by molar-refractivity contribution is 0.0952. The van der Waals surface area contributed by atoms with Gasteiger partial charge in [0.1, 0.15) is 11.3 Å². The number of amides is 1. The van der Waals surface area contributed by atoms with Crippen LogP contribution in [0.2, 0.25) is 0 Å². The first-order valence-electron chi connectivity index (χ1n) is 7.76. The molecule has 0 unspecified atom stereocenters. The van der Waals surface area contributed by atoms with Gasteiger partial charge in [-0.05, 0) is 32.3 Å². The number of likely N-dealkylation sites (N-methyl/N-ethyl adjacent to an activating group) is 1. The zero-order chi connectivity index (χ0) is 17.1. The van der Waals surface area contributed by atoms with Crippen LogP contribution < -0.4 is 10.1 Å². The highest BCUT2D eigenvalue weighted by molar-refractivity contribution is 6.06. The van der Waals surface area contributed by atoms with Gasteiger partial charge in [0.25, 0.3) is 5.91 Å². The highest BCUT2D eigenvalue weighted by Crippen LogP contribution is 2.25. The summed E-state index contributed by atoms with van der Waals surface area (Å²) >= 11 is 0. The van der Waals surface area contributed by atoms with E-state index < -0.39 is 0 Å². The number of carbonyl (C=O) groups excluding carboxylic acids is 1. The Hall–Kier alpha value is -2.73. The number of carbonyl (C=O) groups is 1. The standard InChI is InChI=1S/C18H20N4O2/c1-22(2)9-8-19-18(23)13-10-12(24-3)11-16-17(13)21-15-7-5-4-6-14(15)20-16/h4-7,10-11H,8-9H2,1-3H3,(H,19,23). The molecular formula is C18H20N4O2. The molecular weight excluding hydrogens is 304 g/mol. The fourth-order valence-electron chi connectivity index (χ4n) is 2.48. The van der Waals surface area contributed by atoms with Gasteiger partial charge in [0.05, 0.1) is 29.2 Å². The van der Waals surface area contributed by atoms with Crippen LogP contribution in [0.25, 0.3) is 22.1 Å². The van der Waals surface area contributed by atoms with E-state index in [1.807, 2.05) is 43.3 Å². The molecule has 1 amide bonds. The van der Waals surface area contributed by atoms with Gasteiger partial charge < -0.3 is 15.0 Å². The molecule has 1 aromatic heterocycles. The zero-order valence-electron chi connectivity index (χ0n) is 14.0. The van der Waals surface area contributed by atoms with Gasteiger partial charge in [-0.15, -0.1) is 0 Å². The maximum atomic E-state index is 12.6. The Bertz CT molecular complexity index is 893. The topological polar surface area (TPSA) is 67.3 Å². The summed E-state index contributed by atoms with van der Waals surface area (Å²) in [6.45, 7) is 1.33. The van der Waals surface area contributed by atoms with Crippen LogP contribution in [0.3, 0.4) is 0 Å². The summed E-state index contributed by atoms with van der Waals surface area (Å²) in [7, 11) is 5.50. The van der Waals surface area contributed by atoms with Crippen molar-refractivity contribution in [1.29, 1.82) is 0 Å². The second kappa shape index (κ2) is 6.80. The van der Waals surface area contributed by atoms with Gasteiger partial charge in [-0.1, -0.05) is 12.1 Å². The third kappa shape index (κ3) is 3.28. The first-order valence-corrected chi connectivity index (χ1v) is 7.76. The van der Waals surface area contributed by atoms with Crippen LogP contribution in [0.15, 0.2) is 36.4 Å². The summed E-state index contributed by atoms with van der Waals surface area (Å²) in [4.78, 5) is 23.8. The molecule has 6 nitrogen and oxygen atoms in total. The average molecular weight is 324 g/mol. The predicted molar refractivity (Wildman–Crippen MR) is 94.5 cm³/mol. The van der Waals surface area contributed by atoms with Gasteiger partial charge in [-0.25, -0.2) is 9.97 Å². The van der Waals surface area contributed by atoms with Crippen molar-refractivity contribution in [2.45, 2.75) is 0 Å². The minimum atomic E-state index is -0.176. The molecule has 0 aliphatic heterocycles. The normalized spacial score (nSPS) is 11.2. The number of hydrogen-bond donors (Lipinski definition) is 1. The van der Waals surface area contributed by atoms with Gasteiger partial charge in [0.15, 0.2) is 0 Å². The Labute approximate surface area is 140 Å². The number of aromatic nitrogens is 2. The highest BCUT2D eigenvalue weighted by Gasteiger charge is 2.15. The number of nitrogens with zero attached hydrogens (tertiary/aromatic N) is 3. The van der Waals surface area contributed by atoms with Gasteiger partial charge in [0.2, 0.25) is 0 Å². The summed E-state index contributed by atoms with van der Waals surface area (Å²) in [5.74, 6) is 0.412. The zero-order valence-corrected chi connectivity index (χ0v) is 14.0.